The number of halogens is 1. The standard InChI is InChI=1S/C21H19ClN4O5.Li/c1-11(2)30-18-7-6-12(8-15(18)22)20-24-19(25-31-20)13-4-3-5-16-14(13)9-23-26(16)10-17(27)21(28)29;/h3-9,11,17,27H,10H2,1-2H3,(H,28,29);/q;+1/p-1. The van der Waals surface area contributed by atoms with Gasteiger partial charge in [0.15, 0.2) is 0 Å². The molecule has 0 saturated heterocycles. The molecular formula is C21H18ClLiN4O5. The number of carboxylic acid groups (broad SMARTS) is 1. The molecule has 0 aliphatic rings. The van der Waals surface area contributed by atoms with Gasteiger partial charge in [0.2, 0.25) is 5.82 Å². The van der Waals surface area contributed by atoms with E-state index in [1.54, 1.807) is 42.6 Å². The van der Waals surface area contributed by atoms with Gasteiger partial charge in [-0.2, -0.15) is 10.1 Å². The Bertz CT molecular complexity index is 1260. The van der Waals surface area contributed by atoms with Crippen LogP contribution in [0.1, 0.15) is 13.8 Å². The van der Waals surface area contributed by atoms with E-state index in [0.717, 1.165) is 0 Å². The Morgan fingerprint density at radius 1 is 1.31 bits per heavy atom. The fourth-order valence-electron chi connectivity index (χ4n) is 3.12. The first-order valence-electron chi connectivity index (χ1n) is 9.47. The maximum atomic E-state index is 10.8. The number of hydrogen-bond acceptors (Lipinski definition) is 8. The van der Waals surface area contributed by atoms with Crippen LogP contribution in [0.5, 0.6) is 5.75 Å². The van der Waals surface area contributed by atoms with Crippen molar-refractivity contribution in [2.45, 2.75) is 32.6 Å². The van der Waals surface area contributed by atoms with Crippen molar-refractivity contribution in [2.75, 3.05) is 0 Å². The molecular weight excluding hydrogens is 431 g/mol. The summed E-state index contributed by atoms with van der Waals surface area (Å²) in [5.41, 5.74) is 1.90. The molecule has 0 bridgehead atoms. The van der Waals surface area contributed by atoms with E-state index in [0.29, 0.717) is 38.6 Å². The van der Waals surface area contributed by atoms with E-state index < -0.39 is 12.1 Å². The average Bonchev–Trinajstić information content (AvgIpc) is 3.37. The predicted octanol–water partition coefficient (Wildman–Crippen LogP) is -0.691. The van der Waals surface area contributed by atoms with E-state index in [1.165, 1.54) is 4.68 Å². The maximum Gasteiger partial charge on any atom is 1.00 e. The van der Waals surface area contributed by atoms with Crippen molar-refractivity contribution in [2.24, 2.45) is 0 Å². The van der Waals surface area contributed by atoms with Gasteiger partial charge >= 0.3 is 18.9 Å². The van der Waals surface area contributed by atoms with Crippen LogP contribution in [0.4, 0.5) is 0 Å². The number of ether oxygens (including phenoxy) is 1. The summed E-state index contributed by atoms with van der Waals surface area (Å²) >= 11 is 6.30. The molecule has 4 aromatic rings. The van der Waals surface area contributed by atoms with Gasteiger partial charge in [0.25, 0.3) is 5.89 Å². The topological polar surface area (TPSA) is 126 Å². The Labute approximate surface area is 200 Å². The van der Waals surface area contributed by atoms with Crippen molar-refractivity contribution in [3.05, 3.63) is 47.6 Å². The van der Waals surface area contributed by atoms with Crippen LogP contribution in [0.25, 0.3) is 33.7 Å². The number of aromatic nitrogens is 4. The molecule has 0 aliphatic carbocycles. The summed E-state index contributed by atoms with van der Waals surface area (Å²) in [5.74, 6) is -0.383. The van der Waals surface area contributed by atoms with Crippen molar-refractivity contribution in [1.82, 2.24) is 19.9 Å². The molecule has 9 nitrogen and oxygen atoms in total. The van der Waals surface area contributed by atoms with Gasteiger partial charge in [0, 0.05) is 16.5 Å². The Morgan fingerprint density at radius 3 is 2.78 bits per heavy atom. The van der Waals surface area contributed by atoms with Crippen LogP contribution < -0.4 is 28.7 Å². The second kappa shape index (κ2) is 9.75. The fourth-order valence-corrected chi connectivity index (χ4v) is 3.34. The van der Waals surface area contributed by atoms with Crippen LogP contribution in [0, 0.1) is 0 Å². The smallest absolute Gasteiger partial charge is 0.547 e. The van der Waals surface area contributed by atoms with Gasteiger partial charge in [0.1, 0.15) is 11.9 Å². The number of hydrogen-bond donors (Lipinski definition) is 1. The van der Waals surface area contributed by atoms with E-state index in [-0.39, 0.29) is 37.4 Å². The molecule has 2 aromatic heterocycles. The number of fused-ring (bicyclic) bond motifs is 1. The van der Waals surface area contributed by atoms with Crippen molar-refractivity contribution in [1.29, 1.82) is 0 Å². The Hall–Kier alpha value is -2.83. The molecule has 1 atom stereocenters. The largest absolute Gasteiger partial charge is 1.00 e. The Morgan fingerprint density at radius 2 is 2.09 bits per heavy atom. The van der Waals surface area contributed by atoms with E-state index in [2.05, 4.69) is 15.2 Å². The normalized spacial score (nSPS) is 12.0. The van der Waals surface area contributed by atoms with Crippen molar-refractivity contribution in [3.63, 3.8) is 0 Å². The third-order valence-electron chi connectivity index (χ3n) is 4.51. The van der Waals surface area contributed by atoms with Crippen LogP contribution in [0.15, 0.2) is 47.1 Å². The number of aliphatic hydroxyl groups excluding tert-OH is 1. The first kappa shape index (κ1) is 23.8. The molecule has 1 N–H and O–H groups in total. The molecule has 1 unspecified atom stereocenters. The molecule has 160 valence electrons. The summed E-state index contributed by atoms with van der Waals surface area (Å²) in [6, 6.07) is 10.5. The van der Waals surface area contributed by atoms with E-state index >= 15 is 0 Å². The Balaban J connectivity index is 0.00000289. The van der Waals surface area contributed by atoms with Gasteiger partial charge in [0.05, 0.1) is 35.4 Å². The van der Waals surface area contributed by atoms with Gasteiger partial charge in [-0.1, -0.05) is 28.9 Å². The summed E-state index contributed by atoms with van der Waals surface area (Å²) in [6.07, 6.45) is -0.124. The van der Waals surface area contributed by atoms with Crippen LogP contribution in [-0.4, -0.2) is 43.2 Å². The minimum atomic E-state index is -1.67. The van der Waals surface area contributed by atoms with E-state index in [1.807, 2.05) is 13.8 Å². The number of carbonyl (C=O) groups is 1. The Kier molecular flexibility index (Phi) is 7.26. The van der Waals surface area contributed by atoms with E-state index in [9.17, 15) is 15.0 Å². The zero-order valence-electron chi connectivity index (χ0n) is 17.7. The van der Waals surface area contributed by atoms with Crippen LogP contribution in [0.2, 0.25) is 5.02 Å². The molecule has 11 heteroatoms. The molecule has 2 heterocycles. The molecule has 0 saturated carbocycles. The van der Waals surface area contributed by atoms with Gasteiger partial charge < -0.3 is 24.3 Å². The van der Waals surface area contributed by atoms with Crippen molar-refractivity contribution < 1.29 is 43.1 Å². The average molecular weight is 449 g/mol. The summed E-state index contributed by atoms with van der Waals surface area (Å²) in [7, 11) is 0. The van der Waals surface area contributed by atoms with Crippen molar-refractivity contribution >= 4 is 28.5 Å². The molecule has 0 aliphatic heterocycles. The number of aliphatic carboxylic acids is 1. The number of rotatable bonds is 7. The number of aliphatic hydroxyl groups is 1. The monoisotopic (exact) mass is 448 g/mol. The predicted molar refractivity (Wildman–Crippen MR) is 110 cm³/mol. The van der Waals surface area contributed by atoms with Gasteiger partial charge in [-0.05, 0) is 38.1 Å². The third-order valence-corrected chi connectivity index (χ3v) is 4.81. The summed E-state index contributed by atoms with van der Waals surface area (Å²) in [4.78, 5) is 15.3. The summed E-state index contributed by atoms with van der Waals surface area (Å²) in [6.45, 7) is 3.59. The summed E-state index contributed by atoms with van der Waals surface area (Å²) in [5, 5.41) is 29.7. The number of carbonyl (C=O) groups excluding carboxylic acids is 1. The first-order chi connectivity index (χ1) is 14.8. The third kappa shape index (κ3) is 4.81. The molecule has 4 rings (SSSR count). The zero-order chi connectivity index (χ0) is 22.1. The van der Waals surface area contributed by atoms with Crippen LogP contribution in [0.3, 0.4) is 0 Å². The number of nitrogens with zero attached hydrogens (tertiary/aromatic N) is 4. The van der Waals surface area contributed by atoms with Gasteiger partial charge in [-0.3, -0.25) is 4.68 Å². The molecule has 0 spiro atoms. The number of benzene rings is 2. The number of carboxylic acids is 1. The molecule has 0 amide bonds. The molecule has 0 fully saturated rings. The second-order valence-corrected chi connectivity index (χ2v) is 7.54. The molecule has 0 radical (unpaired) electrons. The van der Waals surface area contributed by atoms with Gasteiger partial charge in [-0.25, -0.2) is 0 Å². The van der Waals surface area contributed by atoms with E-state index in [4.69, 9.17) is 20.9 Å². The van der Waals surface area contributed by atoms with Crippen LogP contribution in [-0.2, 0) is 11.3 Å². The summed E-state index contributed by atoms with van der Waals surface area (Å²) < 4.78 is 12.4. The minimum absolute atomic E-state index is 0. The second-order valence-electron chi connectivity index (χ2n) is 7.13. The van der Waals surface area contributed by atoms with Crippen LogP contribution >= 0.6 is 11.6 Å². The molecule has 2 aromatic carbocycles. The van der Waals surface area contributed by atoms with Crippen molar-refractivity contribution in [3.8, 4) is 28.6 Å². The maximum absolute atomic E-state index is 10.8. The SMILES string of the molecule is CC(C)Oc1ccc(-c2nc(-c3cccc4c3cnn4CC(O)C(=O)[O-])no2)cc1Cl.[Li+]. The zero-order valence-corrected chi connectivity index (χ0v) is 18.4. The van der Waals surface area contributed by atoms with Gasteiger partial charge in [-0.15, -0.1) is 0 Å². The fraction of sp³-hybridized carbons (Fsp3) is 0.238. The quantitative estimate of drug-likeness (QED) is 0.368. The first-order valence-corrected chi connectivity index (χ1v) is 9.85. The minimum Gasteiger partial charge on any atom is -0.547 e. The molecule has 32 heavy (non-hydrogen) atoms.